The van der Waals surface area contributed by atoms with Crippen molar-refractivity contribution in [2.45, 2.75) is 33.1 Å². The van der Waals surface area contributed by atoms with Crippen LogP contribution in [0.3, 0.4) is 0 Å². The number of unbranched alkanes of at least 4 members (excludes halogenated alkanes) is 1. The molecule has 0 fully saturated rings. The monoisotopic (exact) mass is 395 g/mol. The van der Waals surface area contributed by atoms with Gasteiger partial charge in [0.2, 0.25) is 11.6 Å². The van der Waals surface area contributed by atoms with Gasteiger partial charge in [0.15, 0.2) is 5.65 Å². The lowest BCUT2D eigenvalue weighted by Gasteiger charge is -2.21. The van der Waals surface area contributed by atoms with Gasteiger partial charge in [0, 0.05) is 16.5 Å². The zero-order valence-electron chi connectivity index (χ0n) is 17.0. The first-order chi connectivity index (χ1) is 14.6. The third-order valence-corrected chi connectivity index (χ3v) is 5.74. The first kappa shape index (κ1) is 18.4. The smallest absolute Gasteiger partial charge is 0.236 e. The van der Waals surface area contributed by atoms with Crippen molar-refractivity contribution in [3.05, 3.63) is 77.0 Å². The molecule has 0 bridgehead atoms. The number of para-hydroxylation sites is 1. The highest BCUT2D eigenvalue weighted by Crippen LogP contribution is 2.38. The van der Waals surface area contributed by atoms with E-state index in [1.165, 1.54) is 0 Å². The molecule has 5 heteroatoms. The Bertz CT molecular complexity index is 1320. The van der Waals surface area contributed by atoms with Crippen LogP contribution in [0.25, 0.3) is 28.0 Å². The first-order valence-electron chi connectivity index (χ1n) is 10.3. The summed E-state index contributed by atoms with van der Waals surface area (Å²) in [6.07, 6.45) is 2.62. The number of carbonyl (C=O) groups excluding carboxylic acids is 2. The second-order valence-electron chi connectivity index (χ2n) is 7.65. The predicted octanol–water partition coefficient (Wildman–Crippen LogP) is 5.12. The minimum atomic E-state index is -0.462. The van der Waals surface area contributed by atoms with Gasteiger partial charge in [-0.2, -0.15) is 5.10 Å². The molecule has 0 saturated heterocycles. The quantitative estimate of drug-likeness (QED) is 0.450. The Labute approximate surface area is 174 Å². The van der Waals surface area contributed by atoms with Crippen LogP contribution >= 0.6 is 0 Å². The summed E-state index contributed by atoms with van der Waals surface area (Å²) in [5, 5.41) is 5.64. The molecule has 0 unspecified atom stereocenters. The first-order valence-corrected chi connectivity index (χ1v) is 10.3. The van der Waals surface area contributed by atoms with Gasteiger partial charge >= 0.3 is 0 Å². The SMILES string of the molecule is CCCCc1c2c(nc3c1c(C)nn3-c1ccccc1)-c1ccccc1C(=O)C2=O. The van der Waals surface area contributed by atoms with E-state index in [1.807, 2.05) is 54.1 Å². The highest BCUT2D eigenvalue weighted by molar-refractivity contribution is 6.53. The summed E-state index contributed by atoms with van der Waals surface area (Å²) in [4.78, 5) is 31.0. The van der Waals surface area contributed by atoms with Gasteiger partial charge in [-0.3, -0.25) is 9.59 Å². The van der Waals surface area contributed by atoms with Gasteiger partial charge in [-0.15, -0.1) is 0 Å². The number of fused-ring (bicyclic) bond motifs is 4. The van der Waals surface area contributed by atoms with Gasteiger partial charge in [-0.05, 0) is 37.5 Å². The molecule has 0 atom stereocenters. The fourth-order valence-corrected chi connectivity index (χ4v) is 4.32. The lowest BCUT2D eigenvalue weighted by Crippen LogP contribution is -2.24. The molecule has 2 aromatic heterocycles. The van der Waals surface area contributed by atoms with Gasteiger partial charge in [0.25, 0.3) is 0 Å². The lowest BCUT2D eigenvalue weighted by atomic mass is 9.83. The van der Waals surface area contributed by atoms with Crippen molar-refractivity contribution < 1.29 is 9.59 Å². The molecule has 0 N–H and O–H groups in total. The number of ketones is 2. The van der Waals surface area contributed by atoms with Crippen LogP contribution in [0.2, 0.25) is 0 Å². The Balaban J connectivity index is 1.91. The Morgan fingerprint density at radius 1 is 0.900 bits per heavy atom. The number of aromatic nitrogens is 3. The van der Waals surface area contributed by atoms with Crippen LogP contribution in [0.5, 0.6) is 0 Å². The highest BCUT2D eigenvalue weighted by Gasteiger charge is 2.35. The van der Waals surface area contributed by atoms with Crippen molar-refractivity contribution in [2.75, 3.05) is 0 Å². The van der Waals surface area contributed by atoms with Crippen molar-refractivity contribution in [3.63, 3.8) is 0 Å². The van der Waals surface area contributed by atoms with Crippen LogP contribution in [0.4, 0.5) is 0 Å². The van der Waals surface area contributed by atoms with E-state index >= 15 is 0 Å². The summed E-state index contributed by atoms with van der Waals surface area (Å²) in [5.74, 6) is -0.916. The minimum absolute atomic E-state index is 0.422. The molecule has 148 valence electrons. The van der Waals surface area contributed by atoms with E-state index in [-0.39, 0.29) is 0 Å². The summed E-state index contributed by atoms with van der Waals surface area (Å²) in [5.41, 5.74) is 5.53. The molecule has 2 aromatic carbocycles. The van der Waals surface area contributed by atoms with E-state index in [9.17, 15) is 9.59 Å². The fourth-order valence-electron chi connectivity index (χ4n) is 4.32. The average molecular weight is 395 g/mol. The molecule has 0 spiro atoms. The molecular formula is C25H21N3O2. The van der Waals surface area contributed by atoms with Crippen molar-refractivity contribution in [1.82, 2.24) is 14.8 Å². The molecule has 4 aromatic rings. The summed E-state index contributed by atoms with van der Waals surface area (Å²) >= 11 is 0. The van der Waals surface area contributed by atoms with Crippen LogP contribution in [0.1, 0.15) is 51.7 Å². The molecule has 5 rings (SSSR count). The van der Waals surface area contributed by atoms with Crippen LogP contribution < -0.4 is 0 Å². The molecule has 0 radical (unpaired) electrons. The molecule has 0 saturated carbocycles. The summed E-state index contributed by atoms with van der Waals surface area (Å²) in [6, 6.07) is 17.1. The maximum Gasteiger partial charge on any atom is 0.236 e. The number of hydrogen-bond acceptors (Lipinski definition) is 4. The fraction of sp³-hybridized carbons (Fsp3) is 0.200. The Hall–Kier alpha value is -3.60. The van der Waals surface area contributed by atoms with Crippen molar-refractivity contribution >= 4 is 22.6 Å². The van der Waals surface area contributed by atoms with Crippen LogP contribution in [-0.4, -0.2) is 26.3 Å². The molecule has 0 aliphatic heterocycles. The number of Topliss-reactive ketones (excluding diaryl/α,β-unsaturated/α-hetero) is 2. The average Bonchev–Trinajstić information content (AvgIpc) is 3.12. The molecule has 30 heavy (non-hydrogen) atoms. The van der Waals surface area contributed by atoms with E-state index < -0.39 is 11.6 Å². The van der Waals surface area contributed by atoms with E-state index in [2.05, 4.69) is 6.92 Å². The van der Waals surface area contributed by atoms with E-state index in [1.54, 1.807) is 12.1 Å². The number of benzene rings is 2. The van der Waals surface area contributed by atoms with Crippen molar-refractivity contribution in [1.29, 1.82) is 0 Å². The number of aryl methyl sites for hydroxylation is 2. The molecular weight excluding hydrogens is 374 g/mol. The molecule has 1 aliphatic carbocycles. The topological polar surface area (TPSA) is 64.8 Å². The lowest BCUT2D eigenvalue weighted by molar-refractivity contribution is 0.0814. The summed E-state index contributed by atoms with van der Waals surface area (Å²) < 4.78 is 1.84. The maximum atomic E-state index is 13.2. The van der Waals surface area contributed by atoms with E-state index in [4.69, 9.17) is 10.1 Å². The highest BCUT2D eigenvalue weighted by atomic mass is 16.2. The minimum Gasteiger partial charge on any atom is -0.285 e. The van der Waals surface area contributed by atoms with E-state index in [0.717, 1.165) is 46.4 Å². The normalized spacial score (nSPS) is 12.9. The Morgan fingerprint density at radius 3 is 2.33 bits per heavy atom. The zero-order chi connectivity index (χ0) is 20.8. The van der Waals surface area contributed by atoms with Crippen LogP contribution in [0, 0.1) is 6.92 Å². The van der Waals surface area contributed by atoms with Crippen molar-refractivity contribution in [2.24, 2.45) is 0 Å². The van der Waals surface area contributed by atoms with Gasteiger partial charge in [0.1, 0.15) is 0 Å². The number of rotatable bonds is 4. The van der Waals surface area contributed by atoms with Crippen LogP contribution in [0.15, 0.2) is 54.6 Å². The number of nitrogens with zero attached hydrogens (tertiary/aromatic N) is 3. The second-order valence-corrected chi connectivity index (χ2v) is 7.65. The number of hydrogen-bond donors (Lipinski definition) is 0. The van der Waals surface area contributed by atoms with Crippen LogP contribution in [-0.2, 0) is 6.42 Å². The molecule has 1 aliphatic rings. The summed E-state index contributed by atoms with van der Waals surface area (Å²) in [6.45, 7) is 4.06. The van der Waals surface area contributed by atoms with Crippen molar-refractivity contribution in [3.8, 4) is 16.9 Å². The van der Waals surface area contributed by atoms with Gasteiger partial charge in [0.05, 0.1) is 22.6 Å². The van der Waals surface area contributed by atoms with Gasteiger partial charge < -0.3 is 0 Å². The standard InChI is InChI=1S/C25H21N3O2/c1-3-4-12-19-20-15(2)27-28(16-10-6-5-7-11-16)25(20)26-22-17-13-8-9-14-18(17)23(29)24(30)21(19)22/h5-11,13-14H,3-4,12H2,1-2H3. The third kappa shape index (κ3) is 2.62. The Kier molecular flexibility index (Phi) is 4.31. The predicted molar refractivity (Wildman–Crippen MR) is 116 cm³/mol. The molecule has 0 amide bonds. The molecule has 2 heterocycles. The number of carbonyl (C=O) groups is 2. The maximum absolute atomic E-state index is 13.2. The van der Waals surface area contributed by atoms with Gasteiger partial charge in [-0.1, -0.05) is 55.8 Å². The summed E-state index contributed by atoms with van der Waals surface area (Å²) in [7, 11) is 0. The third-order valence-electron chi connectivity index (χ3n) is 5.74. The second kappa shape index (κ2) is 7.02. The largest absolute Gasteiger partial charge is 0.285 e. The van der Waals surface area contributed by atoms with Gasteiger partial charge in [-0.25, -0.2) is 9.67 Å². The zero-order valence-corrected chi connectivity index (χ0v) is 17.0. The molecule has 5 nitrogen and oxygen atoms in total. The Morgan fingerprint density at radius 2 is 1.60 bits per heavy atom. The van der Waals surface area contributed by atoms with E-state index in [0.29, 0.717) is 23.2 Å². The number of pyridine rings is 1.